The molecule has 0 radical (unpaired) electrons. The van der Waals surface area contributed by atoms with Crippen molar-refractivity contribution in [2.75, 3.05) is 26.5 Å². The smallest absolute Gasteiger partial charge is 0.320 e. The van der Waals surface area contributed by atoms with E-state index in [1.54, 1.807) is 0 Å². The molecule has 0 unspecified atom stereocenters. The molecule has 1 aromatic rings. The van der Waals surface area contributed by atoms with E-state index in [4.69, 9.17) is 14.2 Å². The fraction of sp³-hybridized carbons (Fsp3) is 0.562. The number of unbranched alkanes of at least 4 members (excludes halogenated alkanes) is 1. The van der Waals surface area contributed by atoms with Gasteiger partial charge in [0.05, 0.1) is 13.2 Å². The SMILES string of the molecule is CCCCOC(=O)CN(CC)Cc1ccc2c(c1)OCO2. The van der Waals surface area contributed by atoms with Gasteiger partial charge in [-0.25, -0.2) is 0 Å². The van der Waals surface area contributed by atoms with Crippen molar-refractivity contribution in [3.05, 3.63) is 23.8 Å². The van der Waals surface area contributed by atoms with Crippen LogP contribution >= 0.6 is 0 Å². The predicted molar refractivity (Wildman–Crippen MR) is 79.4 cm³/mol. The van der Waals surface area contributed by atoms with Gasteiger partial charge in [0.2, 0.25) is 6.79 Å². The van der Waals surface area contributed by atoms with Gasteiger partial charge in [0.25, 0.3) is 0 Å². The fourth-order valence-electron chi connectivity index (χ4n) is 2.14. The summed E-state index contributed by atoms with van der Waals surface area (Å²) in [4.78, 5) is 13.8. The summed E-state index contributed by atoms with van der Waals surface area (Å²) in [5, 5.41) is 0. The molecule has 0 bridgehead atoms. The molecule has 0 saturated heterocycles. The van der Waals surface area contributed by atoms with Gasteiger partial charge in [0, 0.05) is 6.54 Å². The third-order valence-electron chi connectivity index (χ3n) is 3.40. The van der Waals surface area contributed by atoms with Crippen molar-refractivity contribution < 1.29 is 19.0 Å². The Kier molecular flexibility index (Phi) is 5.87. The van der Waals surface area contributed by atoms with E-state index in [0.717, 1.165) is 36.4 Å². The summed E-state index contributed by atoms with van der Waals surface area (Å²) in [6.45, 7) is 6.69. The quantitative estimate of drug-likeness (QED) is 0.544. The van der Waals surface area contributed by atoms with Crippen LogP contribution in [0.15, 0.2) is 18.2 Å². The van der Waals surface area contributed by atoms with Crippen LogP contribution in [0.1, 0.15) is 32.3 Å². The normalized spacial score (nSPS) is 12.7. The Labute approximate surface area is 125 Å². The van der Waals surface area contributed by atoms with Crippen molar-refractivity contribution in [3.8, 4) is 11.5 Å². The standard InChI is InChI=1S/C16H23NO4/c1-3-5-8-19-16(18)11-17(4-2)10-13-6-7-14-15(9-13)21-12-20-14/h6-7,9H,3-5,8,10-12H2,1-2H3. The second kappa shape index (κ2) is 7.88. The monoisotopic (exact) mass is 293 g/mol. The molecule has 2 rings (SSSR count). The van der Waals surface area contributed by atoms with Crippen molar-refractivity contribution in [2.45, 2.75) is 33.2 Å². The Morgan fingerprint density at radius 2 is 2.10 bits per heavy atom. The van der Waals surface area contributed by atoms with E-state index in [1.807, 2.05) is 30.0 Å². The highest BCUT2D eigenvalue weighted by molar-refractivity contribution is 5.71. The molecule has 5 nitrogen and oxygen atoms in total. The second-order valence-electron chi connectivity index (χ2n) is 5.06. The van der Waals surface area contributed by atoms with Crippen LogP contribution in [0.4, 0.5) is 0 Å². The van der Waals surface area contributed by atoms with Gasteiger partial charge in [-0.15, -0.1) is 0 Å². The number of rotatable bonds is 8. The van der Waals surface area contributed by atoms with Crippen LogP contribution < -0.4 is 9.47 Å². The number of nitrogens with zero attached hydrogens (tertiary/aromatic N) is 1. The van der Waals surface area contributed by atoms with Gasteiger partial charge in [0.15, 0.2) is 11.5 Å². The van der Waals surface area contributed by atoms with Crippen LogP contribution in [0.2, 0.25) is 0 Å². The number of carbonyl (C=O) groups is 1. The van der Waals surface area contributed by atoms with Gasteiger partial charge in [-0.05, 0) is 30.7 Å². The minimum absolute atomic E-state index is 0.161. The number of carbonyl (C=O) groups excluding carboxylic acids is 1. The Morgan fingerprint density at radius 3 is 2.86 bits per heavy atom. The average molecular weight is 293 g/mol. The van der Waals surface area contributed by atoms with Crippen molar-refractivity contribution in [1.82, 2.24) is 4.90 Å². The van der Waals surface area contributed by atoms with Gasteiger partial charge in [0.1, 0.15) is 0 Å². The molecule has 1 heterocycles. The second-order valence-corrected chi connectivity index (χ2v) is 5.06. The number of benzene rings is 1. The van der Waals surface area contributed by atoms with E-state index < -0.39 is 0 Å². The molecule has 21 heavy (non-hydrogen) atoms. The zero-order valence-electron chi connectivity index (χ0n) is 12.8. The van der Waals surface area contributed by atoms with Crippen LogP contribution in [0, 0.1) is 0 Å². The van der Waals surface area contributed by atoms with E-state index in [-0.39, 0.29) is 12.8 Å². The van der Waals surface area contributed by atoms with Gasteiger partial charge in [-0.1, -0.05) is 26.3 Å². The summed E-state index contributed by atoms with van der Waals surface area (Å²) in [5.74, 6) is 1.39. The zero-order valence-corrected chi connectivity index (χ0v) is 12.8. The molecule has 5 heteroatoms. The number of hydrogen-bond acceptors (Lipinski definition) is 5. The third-order valence-corrected chi connectivity index (χ3v) is 3.40. The van der Waals surface area contributed by atoms with Crippen molar-refractivity contribution in [2.24, 2.45) is 0 Å². The maximum absolute atomic E-state index is 11.8. The van der Waals surface area contributed by atoms with Crippen LogP contribution in [0.5, 0.6) is 11.5 Å². The third kappa shape index (κ3) is 4.63. The molecule has 0 spiro atoms. The zero-order chi connectivity index (χ0) is 15.1. The van der Waals surface area contributed by atoms with Crippen LogP contribution in [-0.2, 0) is 16.1 Å². The summed E-state index contributed by atoms with van der Waals surface area (Å²) < 4.78 is 15.9. The highest BCUT2D eigenvalue weighted by Crippen LogP contribution is 2.32. The topological polar surface area (TPSA) is 48.0 Å². The highest BCUT2D eigenvalue weighted by Gasteiger charge is 2.15. The van der Waals surface area contributed by atoms with E-state index in [2.05, 4.69) is 6.92 Å². The lowest BCUT2D eigenvalue weighted by atomic mass is 10.2. The van der Waals surface area contributed by atoms with Crippen LogP contribution in [0.3, 0.4) is 0 Å². The molecule has 1 aliphatic rings. The van der Waals surface area contributed by atoms with E-state index in [0.29, 0.717) is 19.7 Å². The first-order chi connectivity index (χ1) is 10.2. The number of esters is 1. The van der Waals surface area contributed by atoms with Crippen LogP contribution in [-0.4, -0.2) is 37.4 Å². The molecular formula is C16H23NO4. The van der Waals surface area contributed by atoms with Gasteiger partial charge < -0.3 is 14.2 Å². The molecule has 0 atom stereocenters. The first-order valence-electron chi connectivity index (χ1n) is 7.49. The maximum Gasteiger partial charge on any atom is 0.320 e. The minimum Gasteiger partial charge on any atom is -0.465 e. The molecule has 116 valence electrons. The van der Waals surface area contributed by atoms with Crippen molar-refractivity contribution in [3.63, 3.8) is 0 Å². The van der Waals surface area contributed by atoms with Gasteiger partial charge in [-0.3, -0.25) is 9.69 Å². The van der Waals surface area contributed by atoms with E-state index in [9.17, 15) is 4.79 Å². The summed E-state index contributed by atoms with van der Waals surface area (Å²) >= 11 is 0. The molecule has 0 fully saturated rings. The van der Waals surface area contributed by atoms with Gasteiger partial charge >= 0.3 is 5.97 Å². The molecule has 0 aromatic heterocycles. The van der Waals surface area contributed by atoms with E-state index >= 15 is 0 Å². The van der Waals surface area contributed by atoms with Crippen LogP contribution in [0.25, 0.3) is 0 Å². The lowest BCUT2D eigenvalue weighted by Crippen LogP contribution is -2.30. The predicted octanol–water partition coefficient (Wildman–Crippen LogP) is 2.58. The number of fused-ring (bicyclic) bond motifs is 1. The van der Waals surface area contributed by atoms with Crippen molar-refractivity contribution in [1.29, 1.82) is 0 Å². The molecule has 0 saturated carbocycles. The lowest BCUT2D eigenvalue weighted by molar-refractivity contribution is -0.145. The molecule has 0 N–H and O–H groups in total. The molecule has 0 amide bonds. The molecular weight excluding hydrogens is 270 g/mol. The Balaban J connectivity index is 1.85. The Bertz CT molecular complexity index is 475. The fourth-order valence-corrected chi connectivity index (χ4v) is 2.14. The Hall–Kier alpha value is -1.75. The first kappa shape index (κ1) is 15.6. The largest absolute Gasteiger partial charge is 0.465 e. The highest BCUT2D eigenvalue weighted by atomic mass is 16.7. The Morgan fingerprint density at radius 1 is 1.29 bits per heavy atom. The average Bonchev–Trinajstić information content (AvgIpc) is 2.94. The van der Waals surface area contributed by atoms with Crippen molar-refractivity contribution >= 4 is 5.97 Å². The first-order valence-corrected chi connectivity index (χ1v) is 7.49. The number of ether oxygens (including phenoxy) is 3. The number of likely N-dealkylation sites (N-methyl/N-ethyl adjacent to an activating group) is 1. The van der Waals surface area contributed by atoms with E-state index in [1.165, 1.54) is 0 Å². The summed E-state index contributed by atoms with van der Waals surface area (Å²) in [6.07, 6.45) is 1.95. The molecule has 1 aliphatic heterocycles. The molecule has 1 aromatic carbocycles. The minimum atomic E-state index is -0.161. The summed E-state index contributed by atoms with van der Waals surface area (Å²) in [5.41, 5.74) is 1.10. The lowest BCUT2D eigenvalue weighted by Gasteiger charge is -2.19. The molecule has 0 aliphatic carbocycles. The summed E-state index contributed by atoms with van der Waals surface area (Å²) in [6, 6.07) is 5.87. The van der Waals surface area contributed by atoms with Gasteiger partial charge in [-0.2, -0.15) is 0 Å². The summed E-state index contributed by atoms with van der Waals surface area (Å²) in [7, 11) is 0. The number of hydrogen-bond donors (Lipinski definition) is 0. The maximum atomic E-state index is 11.8.